The van der Waals surface area contributed by atoms with Crippen LogP contribution in [0.4, 0.5) is 0 Å². The molecule has 0 aliphatic heterocycles. The molecule has 0 atom stereocenters. The van der Waals surface area contributed by atoms with E-state index < -0.39 is 0 Å². The third kappa shape index (κ3) is 3.19. The molecule has 0 unspecified atom stereocenters. The first-order chi connectivity index (χ1) is 4.43. The van der Waals surface area contributed by atoms with Crippen LogP contribution >= 0.6 is 0 Å². The molecule has 0 heterocycles. The van der Waals surface area contributed by atoms with Crippen LogP contribution in [0, 0.1) is 13.0 Å². The molecule has 1 heteroatoms. The van der Waals surface area contributed by atoms with Crippen molar-refractivity contribution in [3.05, 3.63) is 48.9 Å². The number of benzene rings is 1. The fraction of sp³-hybridized carbons (Fsp3) is 0. The number of hydrogen-bond acceptors (Lipinski definition) is 0. The van der Waals surface area contributed by atoms with Crippen LogP contribution in [0.3, 0.4) is 0 Å². The zero-order chi connectivity index (χ0) is 6.53. The van der Waals surface area contributed by atoms with E-state index in [1.54, 1.807) is 6.08 Å². The van der Waals surface area contributed by atoms with E-state index in [4.69, 9.17) is 0 Å². The van der Waals surface area contributed by atoms with Crippen molar-refractivity contribution < 1.29 is 32.7 Å². The predicted octanol–water partition coefficient (Wildman–Crippen LogP) is 2.33. The molecule has 0 aliphatic carbocycles. The van der Waals surface area contributed by atoms with E-state index >= 15 is 0 Å². The Balaban J connectivity index is 0.000000810. The first kappa shape index (κ1) is 9.93. The van der Waals surface area contributed by atoms with Crippen molar-refractivity contribution in [1.82, 2.24) is 0 Å². The Labute approximate surface area is 87.2 Å². The summed E-state index contributed by atoms with van der Waals surface area (Å²) in [6, 6.07) is 10.8. The van der Waals surface area contributed by atoms with Crippen LogP contribution < -0.4 is 0 Å². The fourth-order valence-corrected chi connectivity index (χ4v) is 0.638. The average molecular weight is 205 g/mol. The molecule has 1 rings (SSSR count). The number of hydrogen-bond donors (Lipinski definition) is 0. The Morgan fingerprint density at radius 1 is 1.40 bits per heavy atom. The molecule has 0 spiro atoms. The van der Waals surface area contributed by atoms with E-state index in [9.17, 15) is 0 Å². The standard InChI is InChI=1S/C9H8.Y/c1-2-6-9-7-4-3-5-8-9;/h2-7H,1H2;/q-2;/b6-2-;. The quantitative estimate of drug-likeness (QED) is 0.617. The van der Waals surface area contributed by atoms with Gasteiger partial charge in [0.25, 0.3) is 0 Å². The summed E-state index contributed by atoms with van der Waals surface area (Å²) in [5, 5.41) is 0. The van der Waals surface area contributed by atoms with Gasteiger partial charge in [0.05, 0.1) is 0 Å². The first-order valence-corrected chi connectivity index (χ1v) is 2.86. The summed E-state index contributed by atoms with van der Waals surface area (Å²) in [4.78, 5) is 0. The summed E-state index contributed by atoms with van der Waals surface area (Å²) in [6.07, 6.45) is 3.67. The normalized spacial score (nSPS) is 9.20. The van der Waals surface area contributed by atoms with Gasteiger partial charge in [-0.1, -0.05) is 0 Å². The molecule has 0 bridgehead atoms. The van der Waals surface area contributed by atoms with Crippen LogP contribution in [0.1, 0.15) is 5.56 Å². The molecule has 10 heavy (non-hydrogen) atoms. The molecule has 1 aromatic carbocycles. The summed E-state index contributed by atoms with van der Waals surface area (Å²) in [7, 11) is 0. The van der Waals surface area contributed by atoms with Gasteiger partial charge in [0.1, 0.15) is 0 Å². The molecule has 49 valence electrons. The van der Waals surface area contributed by atoms with Gasteiger partial charge in [-0.05, 0) is 0 Å². The molecule has 0 fully saturated rings. The molecule has 0 saturated carbocycles. The molecule has 1 radical (unpaired) electrons. The minimum atomic E-state index is 0. The van der Waals surface area contributed by atoms with Gasteiger partial charge >= 0.3 is 0 Å². The van der Waals surface area contributed by atoms with E-state index in [2.05, 4.69) is 13.0 Å². The fourth-order valence-electron chi connectivity index (χ4n) is 0.638. The zero-order valence-corrected chi connectivity index (χ0v) is 8.59. The molecule has 0 N–H and O–H groups in total. The van der Waals surface area contributed by atoms with E-state index in [0.717, 1.165) is 5.56 Å². The Morgan fingerprint density at radius 2 is 2.20 bits per heavy atom. The van der Waals surface area contributed by atoms with Crippen LogP contribution in [0.15, 0.2) is 30.3 Å². The average Bonchev–Trinajstić information content (AvgIpc) is 1.91. The maximum atomic E-state index is 3.58. The van der Waals surface area contributed by atoms with Crippen molar-refractivity contribution in [2.75, 3.05) is 0 Å². The summed E-state index contributed by atoms with van der Waals surface area (Å²) in [5.41, 5.74) is 1.08. The smallest absolute Gasteiger partial charge is 0 e. The van der Waals surface area contributed by atoms with Crippen LogP contribution in [-0.4, -0.2) is 0 Å². The van der Waals surface area contributed by atoms with Crippen LogP contribution in [0.2, 0.25) is 0 Å². The molecule has 0 amide bonds. The van der Waals surface area contributed by atoms with Crippen LogP contribution in [0.25, 0.3) is 6.08 Å². The third-order valence-corrected chi connectivity index (χ3v) is 1.03. The van der Waals surface area contributed by atoms with Gasteiger partial charge in [-0.25, -0.2) is 6.92 Å². The molecular formula is C9H8Y-2. The van der Waals surface area contributed by atoms with E-state index in [1.165, 1.54) is 0 Å². The van der Waals surface area contributed by atoms with Crippen molar-refractivity contribution in [3.8, 4) is 0 Å². The topological polar surface area (TPSA) is 0 Å². The predicted molar refractivity (Wildman–Crippen MR) is 39.7 cm³/mol. The number of allylic oxidation sites excluding steroid dienone is 1. The van der Waals surface area contributed by atoms with Gasteiger partial charge in [0.15, 0.2) is 0 Å². The zero-order valence-electron chi connectivity index (χ0n) is 5.75. The molecule has 0 saturated heterocycles. The van der Waals surface area contributed by atoms with E-state index in [-0.39, 0.29) is 32.7 Å². The SMILES string of the molecule is [CH2-]/C=C\c1[c-]cccc1.[Y]. The Kier molecular flexibility index (Phi) is 5.66. The third-order valence-electron chi connectivity index (χ3n) is 1.03. The summed E-state index contributed by atoms with van der Waals surface area (Å²) in [5.74, 6) is 0. The van der Waals surface area contributed by atoms with Gasteiger partial charge < -0.3 is 0 Å². The van der Waals surface area contributed by atoms with Gasteiger partial charge in [0.2, 0.25) is 0 Å². The number of rotatable bonds is 1. The van der Waals surface area contributed by atoms with Crippen molar-refractivity contribution in [2.24, 2.45) is 0 Å². The molecule has 0 aliphatic rings. The molecule has 0 aromatic heterocycles. The second kappa shape index (κ2) is 5.70. The van der Waals surface area contributed by atoms with Gasteiger partial charge in [0, 0.05) is 32.7 Å². The second-order valence-corrected chi connectivity index (χ2v) is 1.72. The largest absolute Gasteiger partial charge is 0.236 e. The Morgan fingerprint density at radius 3 is 2.70 bits per heavy atom. The monoisotopic (exact) mass is 205 g/mol. The minimum Gasteiger partial charge on any atom is -0.236 e. The van der Waals surface area contributed by atoms with Crippen LogP contribution in [-0.2, 0) is 32.7 Å². The molecule has 1 aromatic rings. The van der Waals surface area contributed by atoms with Crippen molar-refractivity contribution >= 4 is 6.08 Å². The summed E-state index contributed by atoms with van der Waals surface area (Å²) < 4.78 is 0. The van der Waals surface area contributed by atoms with E-state index in [1.807, 2.05) is 30.3 Å². The molecular weight excluding hydrogens is 197 g/mol. The molecule has 0 nitrogen and oxygen atoms in total. The maximum absolute atomic E-state index is 3.58. The summed E-state index contributed by atoms with van der Waals surface area (Å²) in [6.45, 7) is 3.58. The van der Waals surface area contributed by atoms with Crippen LogP contribution in [0.5, 0.6) is 0 Å². The minimum absolute atomic E-state index is 0. The van der Waals surface area contributed by atoms with Gasteiger partial charge in [-0.3, -0.25) is 0 Å². The second-order valence-electron chi connectivity index (χ2n) is 1.72. The van der Waals surface area contributed by atoms with Crippen molar-refractivity contribution in [1.29, 1.82) is 0 Å². The Hall–Kier alpha value is -0.0661. The first-order valence-electron chi connectivity index (χ1n) is 2.86. The van der Waals surface area contributed by atoms with Gasteiger partial charge in [-0.2, -0.15) is 17.7 Å². The van der Waals surface area contributed by atoms with E-state index in [0.29, 0.717) is 0 Å². The van der Waals surface area contributed by atoms with Crippen molar-refractivity contribution in [3.63, 3.8) is 0 Å². The Bertz CT molecular complexity index is 189. The summed E-state index contributed by atoms with van der Waals surface area (Å²) >= 11 is 0. The van der Waals surface area contributed by atoms with Gasteiger partial charge in [-0.15, -0.1) is 30.3 Å². The maximum Gasteiger partial charge on any atom is 0 e. The van der Waals surface area contributed by atoms with Crippen molar-refractivity contribution in [2.45, 2.75) is 0 Å².